The molecule has 0 saturated carbocycles. The van der Waals surface area contributed by atoms with Crippen LogP contribution in [-0.4, -0.2) is 28.0 Å². The summed E-state index contributed by atoms with van der Waals surface area (Å²) in [5.74, 6) is -0.792. The maximum absolute atomic E-state index is 13.0. The van der Waals surface area contributed by atoms with Gasteiger partial charge in [-0.05, 0) is 74.0 Å². The third kappa shape index (κ3) is 6.37. The maximum Gasteiger partial charge on any atom is 0.255 e. The largest absolute Gasteiger partial charge is 0.352 e. The molecule has 0 unspecified atom stereocenters. The number of thioether (sulfide) groups is 1. The van der Waals surface area contributed by atoms with Crippen LogP contribution in [0.4, 0.5) is 10.1 Å². The van der Waals surface area contributed by atoms with E-state index >= 15 is 0 Å². The number of amides is 2. The molecular formula is C24H25FN4O2S. The first-order valence-electron chi connectivity index (χ1n) is 10.2. The standard InChI is InChI=1S/C24H25FN4O2S/c1-15-21(16(2)28-24(27-15)32-3)11-12-22(30)26-14-17-5-4-6-20(13-17)29-23(31)18-7-9-19(25)10-8-18/h4-10,13H,11-12,14H2,1-3H3,(H,26,30)(H,29,31). The number of hydrogen-bond acceptors (Lipinski definition) is 5. The Hall–Kier alpha value is -3.26. The summed E-state index contributed by atoms with van der Waals surface area (Å²) in [5, 5.41) is 6.43. The third-order valence-electron chi connectivity index (χ3n) is 4.97. The van der Waals surface area contributed by atoms with Crippen LogP contribution in [0.25, 0.3) is 0 Å². The fraction of sp³-hybridized carbons (Fsp3) is 0.250. The van der Waals surface area contributed by atoms with Crippen molar-refractivity contribution in [3.8, 4) is 0 Å². The van der Waals surface area contributed by atoms with E-state index in [2.05, 4.69) is 20.6 Å². The van der Waals surface area contributed by atoms with E-state index in [0.29, 0.717) is 30.6 Å². The van der Waals surface area contributed by atoms with Crippen molar-refractivity contribution in [1.29, 1.82) is 0 Å². The SMILES string of the molecule is CSc1nc(C)c(CCC(=O)NCc2cccc(NC(=O)c3ccc(F)cc3)c2)c(C)n1. The molecule has 3 rings (SSSR count). The van der Waals surface area contributed by atoms with Crippen LogP contribution in [0.5, 0.6) is 0 Å². The summed E-state index contributed by atoms with van der Waals surface area (Å²) < 4.78 is 13.0. The molecule has 2 amide bonds. The minimum absolute atomic E-state index is 0.0708. The van der Waals surface area contributed by atoms with E-state index in [-0.39, 0.29) is 11.8 Å². The minimum atomic E-state index is -0.394. The zero-order valence-corrected chi connectivity index (χ0v) is 19.1. The van der Waals surface area contributed by atoms with Gasteiger partial charge in [-0.2, -0.15) is 0 Å². The van der Waals surface area contributed by atoms with Gasteiger partial charge in [0.05, 0.1) is 0 Å². The molecule has 1 heterocycles. The van der Waals surface area contributed by atoms with Gasteiger partial charge in [0.2, 0.25) is 5.91 Å². The van der Waals surface area contributed by atoms with E-state index in [0.717, 1.165) is 27.7 Å². The van der Waals surface area contributed by atoms with E-state index in [1.807, 2.05) is 26.2 Å². The van der Waals surface area contributed by atoms with Crippen molar-refractivity contribution in [2.45, 2.75) is 38.4 Å². The predicted octanol–water partition coefficient (Wildman–Crippen LogP) is 4.46. The van der Waals surface area contributed by atoms with Gasteiger partial charge in [-0.3, -0.25) is 9.59 Å². The molecule has 0 aliphatic heterocycles. The molecule has 0 fully saturated rings. The van der Waals surface area contributed by atoms with Gasteiger partial charge in [-0.1, -0.05) is 23.9 Å². The van der Waals surface area contributed by atoms with E-state index in [1.54, 1.807) is 18.2 Å². The number of hydrogen-bond donors (Lipinski definition) is 2. The smallest absolute Gasteiger partial charge is 0.255 e. The molecule has 6 nitrogen and oxygen atoms in total. The highest BCUT2D eigenvalue weighted by molar-refractivity contribution is 7.98. The second-order valence-electron chi connectivity index (χ2n) is 7.30. The zero-order valence-electron chi connectivity index (χ0n) is 18.2. The van der Waals surface area contributed by atoms with Crippen LogP contribution < -0.4 is 10.6 Å². The van der Waals surface area contributed by atoms with Crippen LogP contribution in [0.1, 0.15) is 39.3 Å². The second-order valence-corrected chi connectivity index (χ2v) is 8.07. The van der Waals surface area contributed by atoms with Gasteiger partial charge in [-0.15, -0.1) is 0 Å². The predicted molar refractivity (Wildman–Crippen MR) is 124 cm³/mol. The van der Waals surface area contributed by atoms with Crippen molar-refractivity contribution in [3.63, 3.8) is 0 Å². The molecule has 0 spiro atoms. The number of halogens is 1. The summed E-state index contributed by atoms with van der Waals surface area (Å²) in [6, 6.07) is 12.6. The molecule has 0 radical (unpaired) electrons. The van der Waals surface area contributed by atoms with Crippen molar-refractivity contribution in [1.82, 2.24) is 15.3 Å². The van der Waals surface area contributed by atoms with Crippen LogP contribution in [0.15, 0.2) is 53.7 Å². The molecule has 0 aliphatic rings. The Labute approximate surface area is 191 Å². The van der Waals surface area contributed by atoms with E-state index in [4.69, 9.17) is 0 Å². The normalized spacial score (nSPS) is 10.6. The summed E-state index contributed by atoms with van der Waals surface area (Å²) in [6.07, 6.45) is 2.85. The summed E-state index contributed by atoms with van der Waals surface area (Å²) in [4.78, 5) is 33.6. The molecule has 2 N–H and O–H groups in total. The van der Waals surface area contributed by atoms with E-state index < -0.39 is 5.82 Å². The van der Waals surface area contributed by atoms with Crippen molar-refractivity contribution >= 4 is 29.3 Å². The molecule has 3 aromatic rings. The summed E-state index contributed by atoms with van der Waals surface area (Å²) in [7, 11) is 0. The molecule has 8 heteroatoms. The quantitative estimate of drug-likeness (QED) is 0.390. The van der Waals surface area contributed by atoms with E-state index in [9.17, 15) is 14.0 Å². The maximum atomic E-state index is 13.0. The number of carbonyl (C=O) groups is 2. The highest BCUT2D eigenvalue weighted by atomic mass is 32.2. The van der Waals surface area contributed by atoms with E-state index in [1.165, 1.54) is 36.0 Å². The van der Waals surface area contributed by atoms with Gasteiger partial charge in [0.15, 0.2) is 5.16 Å². The number of aryl methyl sites for hydroxylation is 2. The first kappa shape index (κ1) is 23.4. The molecule has 2 aromatic carbocycles. The number of benzene rings is 2. The van der Waals surface area contributed by atoms with Crippen LogP contribution >= 0.6 is 11.8 Å². The Morgan fingerprint density at radius 3 is 2.38 bits per heavy atom. The van der Waals surface area contributed by atoms with Gasteiger partial charge >= 0.3 is 0 Å². The average molecular weight is 453 g/mol. The number of aromatic nitrogens is 2. The number of anilines is 1. The van der Waals surface area contributed by atoms with Crippen LogP contribution in [0.3, 0.4) is 0 Å². The summed E-state index contributed by atoms with van der Waals surface area (Å²) in [5.41, 5.74) is 4.63. The number of rotatable bonds is 8. The third-order valence-corrected chi connectivity index (χ3v) is 5.51. The van der Waals surface area contributed by atoms with Crippen LogP contribution in [0.2, 0.25) is 0 Å². The van der Waals surface area contributed by atoms with Crippen molar-refractivity contribution in [2.24, 2.45) is 0 Å². The molecule has 0 atom stereocenters. The molecule has 0 aliphatic carbocycles. The van der Waals surface area contributed by atoms with Gasteiger partial charge in [-0.25, -0.2) is 14.4 Å². The fourth-order valence-electron chi connectivity index (χ4n) is 3.25. The zero-order chi connectivity index (χ0) is 23.1. The second kappa shape index (κ2) is 10.9. The Balaban J connectivity index is 1.53. The van der Waals surface area contributed by atoms with Crippen LogP contribution in [-0.2, 0) is 17.8 Å². The van der Waals surface area contributed by atoms with Crippen molar-refractivity contribution in [2.75, 3.05) is 11.6 Å². The van der Waals surface area contributed by atoms with Crippen molar-refractivity contribution < 1.29 is 14.0 Å². The molecule has 1 aromatic heterocycles. The number of nitrogens with zero attached hydrogens (tertiary/aromatic N) is 2. The molecule has 166 valence electrons. The number of nitrogens with one attached hydrogen (secondary N) is 2. The van der Waals surface area contributed by atoms with Crippen LogP contribution in [0, 0.1) is 19.7 Å². The lowest BCUT2D eigenvalue weighted by Gasteiger charge is -2.11. The highest BCUT2D eigenvalue weighted by Gasteiger charge is 2.11. The molecule has 0 saturated heterocycles. The summed E-state index contributed by atoms with van der Waals surface area (Å²) in [6.45, 7) is 4.22. The molecular weight excluding hydrogens is 427 g/mol. The minimum Gasteiger partial charge on any atom is -0.352 e. The summed E-state index contributed by atoms with van der Waals surface area (Å²) >= 11 is 1.50. The first-order chi connectivity index (χ1) is 15.4. The Kier molecular flexibility index (Phi) is 7.94. The van der Waals surface area contributed by atoms with Crippen molar-refractivity contribution in [3.05, 3.63) is 82.4 Å². The molecule has 0 bridgehead atoms. The highest BCUT2D eigenvalue weighted by Crippen LogP contribution is 2.17. The van der Waals surface area contributed by atoms with Gasteiger partial charge in [0, 0.05) is 35.6 Å². The lowest BCUT2D eigenvalue weighted by Crippen LogP contribution is -2.23. The fourth-order valence-corrected chi connectivity index (χ4v) is 3.71. The average Bonchev–Trinajstić information content (AvgIpc) is 2.77. The lowest BCUT2D eigenvalue weighted by atomic mass is 10.1. The number of carbonyl (C=O) groups excluding carboxylic acids is 2. The Bertz CT molecular complexity index is 1100. The lowest BCUT2D eigenvalue weighted by molar-refractivity contribution is -0.121. The monoisotopic (exact) mass is 452 g/mol. The Morgan fingerprint density at radius 2 is 1.72 bits per heavy atom. The first-order valence-corrected chi connectivity index (χ1v) is 11.4. The van der Waals surface area contributed by atoms with Gasteiger partial charge < -0.3 is 10.6 Å². The van der Waals surface area contributed by atoms with Gasteiger partial charge in [0.1, 0.15) is 5.82 Å². The van der Waals surface area contributed by atoms with Gasteiger partial charge in [0.25, 0.3) is 5.91 Å². The topological polar surface area (TPSA) is 84.0 Å². The molecule has 32 heavy (non-hydrogen) atoms. The Morgan fingerprint density at radius 1 is 1.03 bits per heavy atom.